The minimum Gasteiger partial charge on any atom is -0.311 e. The third kappa shape index (κ3) is 3.35. The summed E-state index contributed by atoms with van der Waals surface area (Å²) in [6.45, 7) is 7.72. The van der Waals surface area contributed by atoms with E-state index in [2.05, 4.69) is 38.2 Å². The van der Waals surface area contributed by atoms with Gasteiger partial charge in [0.25, 0.3) is 0 Å². The van der Waals surface area contributed by atoms with E-state index in [1.807, 2.05) is 17.0 Å². The van der Waals surface area contributed by atoms with Crippen molar-refractivity contribution in [2.45, 2.75) is 39.7 Å². The van der Waals surface area contributed by atoms with Gasteiger partial charge in [0, 0.05) is 18.3 Å². The molecule has 1 aliphatic rings. The van der Waals surface area contributed by atoms with Crippen LogP contribution in [0, 0.1) is 5.92 Å². The first-order valence-electron chi connectivity index (χ1n) is 7.21. The Bertz CT molecular complexity index is 442. The second-order valence-electron chi connectivity index (χ2n) is 5.69. The van der Waals surface area contributed by atoms with Crippen LogP contribution in [0.3, 0.4) is 0 Å². The number of fused-ring (bicyclic) bond motifs is 1. The van der Waals surface area contributed by atoms with Gasteiger partial charge in [-0.15, -0.1) is 0 Å². The van der Waals surface area contributed by atoms with Gasteiger partial charge in [0.1, 0.15) is 0 Å². The van der Waals surface area contributed by atoms with Crippen molar-refractivity contribution in [1.82, 2.24) is 5.32 Å². The lowest BCUT2D eigenvalue weighted by Gasteiger charge is -2.30. The highest BCUT2D eigenvalue weighted by atomic mass is 16.2. The summed E-state index contributed by atoms with van der Waals surface area (Å²) in [6.07, 6.45) is 2.14. The largest absolute Gasteiger partial charge is 0.311 e. The van der Waals surface area contributed by atoms with Crippen LogP contribution in [-0.4, -0.2) is 25.0 Å². The molecule has 0 saturated carbocycles. The predicted octanol–water partition coefficient (Wildman–Crippen LogP) is 2.60. The topological polar surface area (TPSA) is 32.3 Å². The third-order valence-corrected chi connectivity index (χ3v) is 3.99. The molecule has 0 fully saturated rings. The maximum absolute atomic E-state index is 12.4. The second kappa shape index (κ2) is 6.20. The Balaban J connectivity index is 2.01. The molecule has 2 rings (SSSR count). The SMILES string of the molecule is CC(C)C(C)NCC(=O)N1CCCc2ccccc21. The molecule has 1 aliphatic heterocycles. The molecule has 3 nitrogen and oxygen atoms in total. The van der Waals surface area contributed by atoms with Gasteiger partial charge < -0.3 is 10.2 Å². The zero-order valence-corrected chi connectivity index (χ0v) is 12.1. The van der Waals surface area contributed by atoms with E-state index in [9.17, 15) is 4.79 Å². The molecule has 0 spiro atoms. The molecule has 0 bridgehead atoms. The number of para-hydroxylation sites is 1. The molecule has 1 atom stereocenters. The fraction of sp³-hybridized carbons (Fsp3) is 0.562. The summed E-state index contributed by atoms with van der Waals surface area (Å²) in [4.78, 5) is 14.3. The first-order valence-corrected chi connectivity index (χ1v) is 7.21. The average Bonchev–Trinajstić information content (AvgIpc) is 2.43. The number of anilines is 1. The van der Waals surface area contributed by atoms with Crippen LogP contribution in [0.2, 0.25) is 0 Å². The van der Waals surface area contributed by atoms with Crippen molar-refractivity contribution in [1.29, 1.82) is 0 Å². The molecule has 1 N–H and O–H groups in total. The molecule has 19 heavy (non-hydrogen) atoms. The smallest absolute Gasteiger partial charge is 0.240 e. The van der Waals surface area contributed by atoms with E-state index in [4.69, 9.17) is 0 Å². The highest BCUT2D eigenvalue weighted by Crippen LogP contribution is 2.26. The third-order valence-electron chi connectivity index (χ3n) is 3.99. The molecule has 1 heterocycles. The quantitative estimate of drug-likeness (QED) is 0.902. The van der Waals surface area contributed by atoms with Crippen LogP contribution in [-0.2, 0) is 11.2 Å². The fourth-order valence-corrected chi connectivity index (χ4v) is 2.37. The lowest BCUT2D eigenvalue weighted by molar-refractivity contribution is -0.118. The molecule has 104 valence electrons. The molecule has 0 aromatic heterocycles. The molecule has 0 radical (unpaired) electrons. The lowest BCUT2D eigenvalue weighted by atomic mass is 10.0. The van der Waals surface area contributed by atoms with Crippen LogP contribution < -0.4 is 10.2 Å². The molecule has 0 saturated heterocycles. The summed E-state index contributed by atoms with van der Waals surface area (Å²) < 4.78 is 0. The second-order valence-corrected chi connectivity index (χ2v) is 5.69. The number of carbonyl (C=O) groups excluding carboxylic acids is 1. The normalized spacial score (nSPS) is 16.3. The van der Waals surface area contributed by atoms with Gasteiger partial charge in [0.05, 0.1) is 6.54 Å². The standard InChI is InChI=1S/C16H24N2O/c1-12(2)13(3)17-11-16(19)18-10-6-8-14-7-4-5-9-15(14)18/h4-5,7,9,12-13,17H,6,8,10-11H2,1-3H3. The number of benzene rings is 1. The molecular formula is C16H24N2O. The van der Waals surface area contributed by atoms with Crippen molar-refractivity contribution >= 4 is 11.6 Å². The van der Waals surface area contributed by atoms with E-state index in [1.54, 1.807) is 0 Å². The van der Waals surface area contributed by atoms with E-state index < -0.39 is 0 Å². The van der Waals surface area contributed by atoms with E-state index >= 15 is 0 Å². The summed E-state index contributed by atoms with van der Waals surface area (Å²) in [6, 6.07) is 8.60. The van der Waals surface area contributed by atoms with Crippen molar-refractivity contribution in [2.24, 2.45) is 5.92 Å². The number of nitrogens with one attached hydrogen (secondary N) is 1. The molecule has 1 unspecified atom stereocenters. The lowest BCUT2D eigenvalue weighted by Crippen LogP contribution is -2.44. The highest BCUT2D eigenvalue weighted by molar-refractivity contribution is 5.95. The van der Waals surface area contributed by atoms with Gasteiger partial charge in [-0.1, -0.05) is 32.0 Å². The molecule has 0 aliphatic carbocycles. The molecule has 1 aromatic rings. The van der Waals surface area contributed by atoms with Gasteiger partial charge in [-0.3, -0.25) is 4.79 Å². The summed E-state index contributed by atoms with van der Waals surface area (Å²) in [5, 5.41) is 3.32. The first-order chi connectivity index (χ1) is 9.09. The minimum absolute atomic E-state index is 0.180. The molecular weight excluding hydrogens is 236 g/mol. The van der Waals surface area contributed by atoms with Crippen LogP contribution in [0.25, 0.3) is 0 Å². The van der Waals surface area contributed by atoms with Gasteiger partial charge in [0.15, 0.2) is 0 Å². The van der Waals surface area contributed by atoms with Crippen molar-refractivity contribution in [3.63, 3.8) is 0 Å². The predicted molar refractivity (Wildman–Crippen MR) is 79.4 cm³/mol. The Kier molecular flexibility index (Phi) is 4.59. The van der Waals surface area contributed by atoms with Gasteiger partial charge in [-0.25, -0.2) is 0 Å². The van der Waals surface area contributed by atoms with Gasteiger partial charge in [-0.05, 0) is 37.3 Å². The van der Waals surface area contributed by atoms with Crippen LogP contribution in [0.15, 0.2) is 24.3 Å². The Morgan fingerprint density at radius 1 is 1.32 bits per heavy atom. The zero-order chi connectivity index (χ0) is 13.8. The summed E-state index contributed by atoms with van der Waals surface area (Å²) in [5.74, 6) is 0.723. The van der Waals surface area contributed by atoms with Crippen molar-refractivity contribution in [3.05, 3.63) is 29.8 Å². The Morgan fingerprint density at radius 2 is 2.05 bits per heavy atom. The van der Waals surface area contributed by atoms with Crippen LogP contribution in [0.4, 0.5) is 5.69 Å². The van der Waals surface area contributed by atoms with Crippen LogP contribution in [0.1, 0.15) is 32.8 Å². The number of hydrogen-bond donors (Lipinski definition) is 1. The summed E-state index contributed by atoms with van der Waals surface area (Å²) in [5.41, 5.74) is 2.39. The molecule has 1 amide bonds. The Morgan fingerprint density at radius 3 is 2.79 bits per heavy atom. The maximum Gasteiger partial charge on any atom is 0.240 e. The van der Waals surface area contributed by atoms with E-state index in [-0.39, 0.29) is 5.91 Å². The fourth-order valence-electron chi connectivity index (χ4n) is 2.37. The van der Waals surface area contributed by atoms with E-state index in [0.29, 0.717) is 18.5 Å². The summed E-state index contributed by atoms with van der Waals surface area (Å²) in [7, 11) is 0. The number of aryl methyl sites for hydroxylation is 1. The van der Waals surface area contributed by atoms with Crippen LogP contribution >= 0.6 is 0 Å². The summed E-state index contributed by atoms with van der Waals surface area (Å²) >= 11 is 0. The minimum atomic E-state index is 0.180. The van der Waals surface area contributed by atoms with Gasteiger partial charge in [0.2, 0.25) is 5.91 Å². The maximum atomic E-state index is 12.4. The van der Waals surface area contributed by atoms with E-state index in [1.165, 1.54) is 5.56 Å². The van der Waals surface area contributed by atoms with Crippen molar-refractivity contribution in [2.75, 3.05) is 18.0 Å². The number of nitrogens with zero attached hydrogens (tertiary/aromatic N) is 1. The number of hydrogen-bond acceptors (Lipinski definition) is 2. The number of amides is 1. The van der Waals surface area contributed by atoms with E-state index in [0.717, 1.165) is 25.1 Å². The number of carbonyl (C=O) groups is 1. The van der Waals surface area contributed by atoms with Gasteiger partial charge in [-0.2, -0.15) is 0 Å². The van der Waals surface area contributed by atoms with Gasteiger partial charge >= 0.3 is 0 Å². The zero-order valence-electron chi connectivity index (χ0n) is 12.1. The average molecular weight is 260 g/mol. The first kappa shape index (κ1) is 14.1. The molecule has 3 heteroatoms. The molecule has 1 aromatic carbocycles. The Hall–Kier alpha value is -1.35. The monoisotopic (exact) mass is 260 g/mol. The number of rotatable bonds is 4. The Labute approximate surface area is 116 Å². The van der Waals surface area contributed by atoms with Crippen LogP contribution in [0.5, 0.6) is 0 Å². The van der Waals surface area contributed by atoms with Crippen molar-refractivity contribution < 1.29 is 4.79 Å². The van der Waals surface area contributed by atoms with Crippen molar-refractivity contribution in [3.8, 4) is 0 Å². The highest BCUT2D eigenvalue weighted by Gasteiger charge is 2.22.